The molecule has 1 heterocycles. The summed E-state index contributed by atoms with van der Waals surface area (Å²) in [6.45, 7) is 4.75. The minimum atomic E-state index is -0.973. The first-order valence-corrected chi connectivity index (χ1v) is 14.7. The molecule has 0 spiro atoms. The third-order valence-corrected chi connectivity index (χ3v) is 7.20. The minimum absolute atomic E-state index is 0.0479. The van der Waals surface area contributed by atoms with Gasteiger partial charge in [0.15, 0.2) is 11.5 Å². The van der Waals surface area contributed by atoms with Gasteiger partial charge < -0.3 is 35.1 Å². The number of para-hydroxylation sites is 1. The predicted molar refractivity (Wildman–Crippen MR) is 162 cm³/mol. The highest BCUT2D eigenvalue weighted by Gasteiger charge is 2.28. The highest BCUT2D eigenvalue weighted by Crippen LogP contribution is 2.28. The molecule has 0 bridgehead atoms. The van der Waals surface area contributed by atoms with E-state index in [0.29, 0.717) is 43.1 Å². The van der Waals surface area contributed by atoms with Gasteiger partial charge in [0.2, 0.25) is 17.7 Å². The molecule has 11 nitrogen and oxygen atoms in total. The van der Waals surface area contributed by atoms with E-state index in [1.54, 1.807) is 45.5 Å². The molecule has 2 atom stereocenters. The van der Waals surface area contributed by atoms with E-state index in [0.717, 1.165) is 5.56 Å². The normalized spacial score (nSPS) is 18.4. The van der Waals surface area contributed by atoms with E-state index in [1.165, 1.54) is 4.90 Å². The number of hydrogen-bond donors (Lipinski definition) is 3. The van der Waals surface area contributed by atoms with Crippen LogP contribution in [0.15, 0.2) is 42.5 Å². The molecule has 1 aliphatic rings. The Morgan fingerprint density at radius 2 is 1.81 bits per heavy atom. The standard InChI is InChI=1S/C32H44N4O7/c1-21(2)19-25-32(40)36(3)17-18-43-26-11-7-6-10-23(26)30(38)35-24(13-15-29(37)34-25)31(39)33-16-8-9-22-12-14-27(41-4)28(20-22)42-5/h6-7,10-12,14,20-21,24-25H,8-9,13,15-19H2,1-5H3,(H,33,39)(H,34,37)(H,35,38)/t24-,25-/m0/s1. The minimum Gasteiger partial charge on any atom is -0.493 e. The summed E-state index contributed by atoms with van der Waals surface area (Å²) in [4.78, 5) is 54.2. The van der Waals surface area contributed by atoms with Crippen LogP contribution in [0.25, 0.3) is 0 Å². The summed E-state index contributed by atoms with van der Waals surface area (Å²) in [5, 5.41) is 8.52. The molecule has 1 aliphatic heterocycles. The number of amides is 4. The molecule has 4 amide bonds. The summed E-state index contributed by atoms with van der Waals surface area (Å²) in [5.41, 5.74) is 1.29. The summed E-state index contributed by atoms with van der Waals surface area (Å²) in [6.07, 6.45) is 1.81. The van der Waals surface area contributed by atoms with Crippen LogP contribution in [0.4, 0.5) is 0 Å². The summed E-state index contributed by atoms with van der Waals surface area (Å²) in [5.74, 6) is 0.328. The Balaban J connectivity index is 1.73. The smallest absolute Gasteiger partial charge is 0.255 e. The third-order valence-electron chi connectivity index (χ3n) is 7.20. The van der Waals surface area contributed by atoms with Gasteiger partial charge in [-0.25, -0.2) is 0 Å². The molecule has 0 fully saturated rings. The molecule has 43 heavy (non-hydrogen) atoms. The lowest BCUT2D eigenvalue weighted by Crippen LogP contribution is -2.50. The first kappa shape index (κ1) is 33.2. The van der Waals surface area contributed by atoms with E-state index in [2.05, 4.69) is 16.0 Å². The molecular weight excluding hydrogens is 552 g/mol. The molecule has 0 radical (unpaired) electrons. The number of fused-ring (bicyclic) bond motifs is 1. The number of benzene rings is 2. The average molecular weight is 597 g/mol. The van der Waals surface area contributed by atoms with Gasteiger partial charge in [-0.3, -0.25) is 19.2 Å². The van der Waals surface area contributed by atoms with Crippen LogP contribution in [0.3, 0.4) is 0 Å². The number of rotatable bonds is 9. The Kier molecular flexibility index (Phi) is 12.7. The zero-order valence-corrected chi connectivity index (χ0v) is 25.7. The average Bonchev–Trinajstić information content (AvgIpc) is 2.99. The van der Waals surface area contributed by atoms with Crippen molar-refractivity contribution in [3.05, 3.63) is 53.6 Å². The highest BCUT2D eigenvalue weighted by atomic mass is 16.5. The van der Waals surface area contributed by atoms with Gasteiger partial charge in [0.1, 0.15) is 24.4 Å². The number of carbonyl (C=O) groups is 4. The van der Waals surface area contributed by atoms with Crippen LogP contribution in [-0.2, 0) is 20.8 Å². The fourth-order valence-corrected chi connectivity index (χ4v) is 4.85. The van der Waals surface area contributed by atoms with Gasteiger partial charge in [-0.2, -0.15) is 0 Å². The van der Waals surface area contributed by atoms with Gasteiger partial charge in [0, 0.05) is 20.0 Å². The number of ether oxygens (including phenoxy) is 3. The fraction of sp³-hybridized carbons (Fsp3) is 0.500. The van der Waals surface area contributed by atoms with Crippen LogP contribution in [0, 0.1) is 5.92 Å². The highest BCUT2D eigenvalue weighted by molar-refractivity contribution is 5.99. The molecule has 0 saturated carbocycles. The lowest BCUT2D eigenvalue weighted by atomic mass is 10.0. The molecular formula is C32H44N4O7. The molecule has 234 valence electrons. The Labute approximate surface area is 253 Å². The number of likely N-dealkylation sites (N-methyl/N-ethyl adjacent to an activating group) is 1. The van der Waals surface area contributed by atoms with Gasteiger partial charge >= 0.3 is 0 Å². The van der Waals surface area contributed by atoms with E-state index in [9.17, 15) is 19.2 Å². The Hall–Kier alpha value is -4.28. The van der Waals surface area contributed by atoms with E-state index in [-0.39, 0.29) is 49.3 Å². The second-order valence-electron chi connectivity index (χ2n) is 11.0. The lowest BCUT2D eigenvalue weighted by Gasteiger charge is -2.26. The van der Waals surface area contributed by atoms with Gasteiger partial charge in [-0.1, -0.05) is 32.0 Å². The number of methoxy groups -OCH3 is 2. The number of hydrogen-bond acceptors (Lipinski definition) is 7. The molecule has 0 saturated heterocycles. The second-order valence-corrected chi connectivity index (χ2v) is 11.0. The van der Waals surface area contributed by atoms with Crippen molar-refractivity contribution in [3.8, 4) is 17.2 Å². The topological polar surface area (TPSA) is 135 Å². The Bertz CT molecular complexity index is 1270. The molecule has 2 aromatic rings. The second kappa shape index (κ2) is 16.4. The van der Waals surface area contributed by atoms with E-state index in [4.69, 9.17) is 14.2 Å². The Morgan fingerprint density at radius 1 is 1.07 bits per heavy atom. The van der Waals surface area contributed by atoms with E-state index >= 15 is 0 Å². The van der Waals surface area contributed by atoms with Gasteiger partial charge in [0.05, 0.1) is 26.3 Å². The molecule has 3 rings (SSSR count). The van der Waals surface area contributed by atoms with Crippen molar-refractivity contribution < 1.29 is 33.4 Å². The van der Waals surface area contributed by atoms with Crippen LogP contribution in [0.5, 0.6) is 17.2 Å². The monoisotopic (exact) mass is 596 g/mol. The maximum atomic E-state index is 13.3. The van der Waals surface area contributed by atoms with Crippen LogP contribution in [-0.4, -0.2) is 81.6 Å². The summed E-state index contributed by atoms with van der Waals surface area (Å²) in [7, 11) is 4.82. The van der Waals surface area contributed by atoms with Crippen LogP contribution >= 0.6 is 0 Å². The summed E-state index contributed by atoms with van der Waals surface area (Å²) >= 11 is 0. The van der Waals surface area contributed by atoms with Crippen molar-refractivity contribution in [1.29, 1.82) is 0 Å². The van der Waals surface area contributed by atoms with E-state index in [1.807, 2.05) is 32.0 Å². The van der Waals surface area contributed by atoms with E-state index < -0.39 is 23.9 Å². The SMILES string of the molecule is COc1ccc(CCCNC(=O)[C@@H]2CCC(=O)N[C@@H](CC(C)C)C(=O)N(C)CCOc3ccccc3C(=O)N2)cc1OC. The maximum absolute atomic E-state index is 13.3. The van der Waals surface area contributed by atoms with Gasteiger partial charge in [-0.15, -0.1) is 0 Å². The molecule has 2 aromatic carbocycles. The molecule has 11 heteroatoms. The van der Waals surface area contributed by atoms with Crippen molar-refractivity contribution >= 4 is 23.6 Å². The van der Waals surface area contributed by atoms with Crippen molar-refractivity contribution in [2.45, 2.75) is 58.0 Å². The number of aryl methyl sites for hydroxylation is 1. The summed E-state index contributed by atoms with van der Waals surface area (Å²) in [6, 6.07) is 10.7. The van der Waals surface area contributed by atoms with Crippen molar-refractivity contribution in [3.63, 3.8) is 0 Å². The largest absolute Gasteiger partial charge is 0.493 e. The molecule has 0 aliphatic carbocycles. The predicted octanol–water partition coefficient (Wildman–Crippen LogP) is 2.71. The first-order valence-electron chi connectivity index (χ1n) is 14.7. The van der Waals surface area contributed by atoms with Gasteiger partial charge in [0.25, 0.3) is 5.91 Å². The maximum Gasteiger partial charge on any atom is 0.255 e. The van der Waals surface area contributed by atoms with Crippen LogP contribution < -0.4 is 30.2 Å². The number of nitrogens with one attached hydrogen (secondary N) is 3. The summed E-state index contributed by atoms with van der Waals surface area (Å²) < 4.78 is 16.5. The Morgan fingerprint density at radius 3 is 2.53 bits per heavy atom. The number of carbonyl (C=O) groups excluding carboxylic acids is 4. The molecule has 0 aromatic heterocycles. The van der Waals surface area contributed by atoms with Crippen molar-refractivity contribution in [2.24, 2.45) is 5.92 Å². The number of nitrogens with zero attached hydrogens (tertiary/aromatic N) is 1. The quantitative estimate of drug-likeness (QED) is 0.379. The van der Waals surface area contributed by atoms with Crippen molar-refractivity contribution in [1.82, 2.24) is 20.9 Å². The van der Waals surface area contributed by atoms with Gasteiger partial charge in [-0.05, 0) is 61.4 Å². The lowest BCUT2D eigenvalue weighted by molar-refractivity contribution is -0.136. The van der Waals surface area contributed by atoms with Crippen LogP contribution in [0.2, 0.25) is 0 Å². The van der Waals surface area contributed by atoms with Crippen LogP contribution in [0.1, 0.15) is 55.5 Å². The van der Waals surface area contributed by atoms with Crippen molar-refractivity contribution in [2.75, 3.05) is 41.0 Å². The zero-order valence-electron chi connectivity index (χ0n) is 25.7. The fourth-order valence-electron chi connectivity index (χ4n) is 4.85. The molecule has 3 N–H and O–H groups in total. The molecule has 0 unspecified atom stereocenters. The third kappa shape index (κ3) is 9.90. The first-order chi connectivity index (χ1) is 20.6. The zero-order chi connectivity index (χ0) is 31.4.